The molecule has 1 aliphatic carbocycles. The third kappa shape index (κ3) is 4.34. The van der Waals surface area contributed by atoms with Crippen LogP contribution in [0.4, 0.5) is 0 Å². The molecule has 6 nitrogen and oxygen atoms in total. The second-order valence-electron chi connectivity index (χ2n) is 6.70. The van der Waals surface area contributed by atoms with E-state index in [0.717, 1.165) is 12.0 Å². The summed E-state index contributed by atoms with van der Waals surface area (Å²) in [6.45, 7) is 5.75. The molecule has 1 aromatic rings. The van der Waals surface area contributed by atoms with Gasteiger partial charge in [0.1, 0.15) is 0 Å². The van der Waals surface area contributed by atoms with E-state index in [9.17, 15) is 22.8 Å². The van der Waals surface area contributed by atoms with Crippen LogP contribution in [0, 0.1) is 24.7 Å². The lowest BCUT2D eigenvalue weighted by Crippen LogP contribution is -2.46. The molecule has 0 saturated heterocycles. The second kappa shape index (κ2) is 7.47. The molecule has 1 aromatic carbocycles. The lowest BCUT2D eigenvalue weighted by molar-refractivity contribution is -0.144. The highest BCUT2D eigenvalue weighted by atomic mass is 32.2. The maximum absolute atomic E-state index is 12.3. The van der Waals surface area contributed by atoms with E-state index >= 15 is 0 Å². The fourth-order valence-electron chi connectivity index (χ4n) is 3.00. The second-order valence-corrected chi connectivity index (χ2v) is 8.38. The molecule has 0 radical (unpaired) electrons. The van der Waals surface area contributed by atoms with Crippen molar-refractivity contribution in [1.29, 1.82) is 0 Å². The standard InChI is InChI=1S/C18H23NO5S/c1-4-12(3)13-9-15(20)17(16(21)10-13)18(22)19-25(23,24)14-7-5-11(2)6-8-14/h5-8,12-13,17H,4,9-10H2,1-3H3,(H,19,22). The van der Waals surface area contributed by atoms with Crippen molar-refractivity contribution in [3.63, 3.8) is 0 Å². The van der Waals surface area contributed by atoms with Gasteiger partial charge in [0, 0.05) is 12.8 Å². The zero-order valence-electron chi connectivity index (χ0n) is 14.6. The highest BCUT2D eigenvalue weighted by Crippen LogP contribution is 2.31. The summed E-state index contributed by atoms with van der Waals surface area (Å²) in [5.41, 5.74) is 0.874. The summed E-state index contributed by atoms with van der Waals surface area (Å²) in [7, 11) is -4.11. The normalized spacial score (nSPS) is 22.5. The Hall–Kier alpha value is -2.02. The van der Waals surface area contributed by atoms with Crippen LogP contribution >= 0.6 is 0 Å². The maximum Gasteiger partial charge on any atom is 0.264 e. The molecule has 1 fully saturated rings. The Morgan fingerprint density at radius 1 is 1.16 bits per heavy atom. The molecular formula is C18H23NO5S. The number of nitrogens with one attached hydrogen (secondary N) is 1. The van der Waals surface area contributed by atoms with Crippen LogP contribution in [-0.2, 0) is 24.4 Å². The topological polar surface area (TPSA) is 97.4 Å². The van der Waals surface area contributed by atoms with Crippen molar-refractivity contribution in [1.82, 2.24) is 4.72 Å². The van der Waals surface area contributed by atoms with E-state index in [1.54, 1.807) is 12.1 Å². The molecule has 1 aliphatic rings. The summed E-state index contributed by atoms with van der Waals surface area (Å²) in [6, 6.07) is 5.95. The minimum Gasteiger partial charge on any atom is -0.298 e. The van der Waals surface area contributed by atoms with Gasteiger partial charge in [0.25, 0.3) is 15.9 Å². The predicted molar refractivity (Wildman–Crippen MR) is 92.2 cm³/mol. The quantitative estimate of drug-likeness (QED) is 0.805. The van der Waals surface area contributed by atoms with Gasteiger partial charge in [0.15, 0.2) is 17.5 Å². The summed E-state index contributed by atoms with van der Waals surface area (Å²) < 4.78 is 26.4. The van der Waals surface area contributed by atoms with Crippen LogP contribution in [0.25, 0.3) is 0 Å². The number of Topliss-reactive ketones (excluding diaryl/α,β-unsaturated/α-hetero) is 2. The van der Waals surface area contributed by atoms with Crippen molar-refractivity contribution in [2.45, 2.75) is 44.9 Å². The number of rotatable bonds is 5. The van der Waals surface area contributed by atoms with Crippen molar-refractivity contribution in [2.75, 3.05) is 0 Å². The van der Waals surface area contributed by atoms with Gasteiger partial charge >= 0.3 is 0 Å². The van der Waals surface area contributed by atoms with Gasteiger partial charge in [0.2, 0.25) is 0 Å². The van der Waals surface area contributed by atoms with Crippen LogP contribution in [0.5, 0.6) is 0 Å². The fourth-order valence-corrected chi connectivity index (χ4v) is 4.00. The lowest BCUT2D eigenvalue weighted by Gasteiger charge is -2.29. The minimum atomic E-state index is -4.11. The van der Waals surface area contributed by atoms with E-state index in [0.29, 0.717) is 0 Å². The van der Waals surface area contributed by atoms with Crippen molar-refractivity contribution in [2.24, 2.45) is 17.8 Å². The Balaban J connectivity index is 2.14. The Labute approximate surface area is 148 Å². The van der Waals surface area contributed by atoms with Crippen molar-refractivity contribution in [3.05, 3.63) is 29.8 Å². The van der Waals surface area contributed by atoms with Crippen LogP contribution in [0.15, 0.2) is 29.2 Å². The van der Waals surface area contributed by atoms with E-state index in [4.69, 9.17) is 0 Å². The van der Waals surface area contributed by atoms with Crippen molar-refractivity contribution >= 4 is 27.5 Å². The largest absolute Gasteiger partial charge is 0.298 e. The number of aryl methyl sites for hydroxylation is 1. The number of carbonyl (C=O) groups is 3. The number of benzene rings is 1. The lowest BCUT2D eigenvalue weighted by atomic mass is 9.74. The average Bonchev–Trinajstić information content (AvgIpc) is 2.53. The molecule has 136 valence electrons. The van der Waals surface area contributed by atoms with E-state index in [-0.39, 0.29) is 29.6 Å². The molecule has 25 heavy (non-hydrogen) atoms. The fraction of sp³-hybridized carbons (Fsp3) is 0.500. The first-order valence-electron chi connectivity index (χ1n) is 8.34. The van der Waals surface area contributed by atoms with Crippen LogP contribution in [-0.4, -0.2) is 25.9 Å². The highest BCUT2D eigenvalue weighted by molar-refractivity contribution is 7.90. The van der Waals surface area contributed by atoms with E-state index in [1.807, 2.05) is 25.5 Å². The van der Waals surface area contributed by atoms with Gasteiger partial charge in [0.05, 0.1) is 4.90 Å². The summed E-state index contributed by atoms with van der Waals surface area (Å²) in [4.78, 5) is 36.7. The number of sulfonamides is 1. The number of amides is 1. The number of hydrogen-bond donors (Lipinski definition) is 1. The van der Waals surface area contributed by atoms with Gasteiger partial charge in [-0.25, -0.2) is 13.1 Å². The molecule has 1 unspecified atom stereocenters. The summed E-state index contributed by atoms with van der Waals surface area (Å²) in [5, 5.41) is 0. The molecule has 1 amide bonds. The molecule has 0 bridgehead atoms. The number of carbonyl (C=O) groups excluding carboxylic acids is 3. The third-order valence-electron chi connectivity index (χ3n) is 4.85. The summed E-state index contributed by atoms with van der Waals surface area (Å²) >= 11 is 0. The predicted octanol–water partition coefficient (Wildman–Crippen LogP) is 2.01. The van der Waals surface area contributed by atoms with Crippen LogP contribution in [0.3, 0.4) is 0 Å². The van der Waals surface area contributed by atoms with Crippen LogP contribution in [0.2, 0.25) is 0 Å². The molecule has 7 heteroatoms. The molecule has 0 aliphatic heterocycles. The molecular weight excluding hydrogens is 342 g/mol. The molecule has 2 rings (SSSR count). The zero-order chi connectivity index (χ0) is 18.8. The highest BCUT2D eigenvalue weighted by Gasteiger charge is 2.42. The third-order valence-corrected chi connectivity index (χ3v) is 6.21. The van der Waals surface area contributed by atoms with E-state index in [2.05, 4.69) is 0 Å². The van der Waals surface area contributed by atoms with Crippen molar-refractivity contribution < 1.29 is 22.8 Å². The first-order chi connectivity index (χ1) is 11.7. The number of hydrogen-bond acceptors (Lipinski definition) is 5. The molecule has 0 heterocycles. The van der Waals surface area contributed by atoms with E-state index in [1.165, 1.54) is 12.1 Å². The van der Waals surface area contributed by atoms with Gasteiger partial charge < -0.3 is 0 Å². The molecule has 0 aromatic heterocycles. The first-order valence-corrected chi connectivity index (χ1v) is 9.82. The molecule has 0 spiro atoms. The summed E-state index contributed by atoms with van der Waals surface area (Å²) in [6.07, 6.45) is 1.09. The van der Waals surface area contributed by atoms with Crippen LogP contribution < -0.4 is 4.72 Å². The molecule has 1 atom stereocenters. The van der Waals surface area contributed by atoms with Gasteiger partial charge in [-0.05, 0) is 30.9 Å². The van der Waals surface area contributed by atoms with Gasteiger partial charge in [-0.2, -0.15) is 0 Å². The first kappa shape index (κ1) is 19.3. The van der Waals surface area contributed by atoms with Gasteiger partial charge in [-0.15, -0.1) is 0 Å². The smallest absolute Gasteiger partial charge is 0.264 e. The Morgan fingerprint density at radius 2 is 1.68 bits per heavy atom. The maximum atomic E-state index is 12.3. The Morgan fingerprint density at radius 3 is 2.16 bits per heavy atom. The van der Waals surface area contributed by atoms with Gasteiger partial charge in [-0.1, -0.05) is 38.0 Å². The molecule has 1 saturated carbocycles. The zero-order valence-corrected chi connectivity index (χ0v) is 15.4. The van der Waals surface area contributed by atoms with Crippen LogP contribution in [0.1, 0.15) is 38.7 Å². The van der Waals surface area contributed by atoms with Crippen molar-refractivity contribution in [3.8, 4) is 0 Å². The minimum absolute atomic E-state index is 0.0808. The average molecular weight is 365 g/mol. The number of ketones is 2. The monoisotopic (exact) mass is 365 g/mol. The molecule has 1 N–H and O–H groups in total. The summed E-state index contributed by atoms with van der Waals surface area (Å²) in [5.74, 6) is -3.47. The van der Waals surface area contributed by atoms with Gasteiger partial charge in [-0.3, -0.25) is 14.4 Å². The van der Waals surface area contributed by atoms with E-state index < -0.39 is 33.4 Å². The Bertz CT molecular complexity index is 764. The SMILES string of the molecule is CCC(C)C1CC(=O)C(C(=O)NS(=O)(=O)c2ccc(C)cc2)C(=O)C1. The Kier molecular flexibility index (Phi) is 5.77.